The van der Waals surface area contributed by atoms with Crippen molar-refractivity contribution in [2.75, 3.05) is 11.9 Å². The van der Waals surface area contributed by atoms with E-state index in [0.29, 0.717) is 23.7 Å². The fraction of sp³-hybridized carbons (Fsp3) is 0.429. The second-order valence-corrected chi connectivity index (χ2v) is 4.96. The molecule has 0 atom stereocenters. The molecular formula is C14H21N3O2. The van der Waals surface area contributed by atoms with Crippen LogP contribution in [0.25, 0.3) is 0 Å². The van der Waals surface area contributed by atoms with Gasteiger partial charge in [0.1, 0.15) is 0 Å². The molecule has 0 heterocycles. The van der Waals surface area contributed by atoms with E-state index in [1.165, 1.54) is 0 Å². The number of benzene rings is 1. The van der Waals surface area contributed by atoms with Crippen LogP contribution in [0.4, 0.5) is 10.5 Å². The average Bonchev–Trinajstić information content (AvgIpc) is 2.30. The maximum Gasteiger partial charge on any atom is 0.319 e. The highest BCUT2D eigenvalue weighted by Gasteiger charge is 2.08. The number of carbonyl (C=O) groups excluding carboxylic acids is 2. The van der Waals surface area contributed by atoms with E-state index in [2.05, 4.69) is 24.5 Å². The second-order valence-electron chi connectivity index (χ2n) is 4.96. The van der Waals surface area contributed by atoms with Gasteiger partial charge in [-0.3, -0.25) is 4.79 Å². The number of hydrogen-bond acceptors (Lipinski definition) is 2. The summed E-state index contributed by atoms with van der Waals surface area (Å²) in [5, 5.41) is 5.44. The summed E-state index contributed by atoms with van der Waals surface area (Å²) < 4.78 is 0. The van der Waals surface area contributed by atoms with Crippen molar-refractivity contribution in [3.8, 4) is 0 Å². The Morgan fingerprint density at radius 3 is 2.58 bits per heavy atom. The van der Waals surface area contributed by atoms with Crippen molar-refractivity contribution >= 4 is 17.6 Å². The Morgan fingerprint density at radius 2 is 2.00 bits per heavy atom. The summed E-state index contributed by atoms with van der Waals surface area (Å²) in [5.41, 5.74) is 7.02. The van der Waals surface area contributed by atoms with Crippen LogP contribution in [-0.4, -0.2) is 18.5 Å². The fourth-order valence-electron chi connectivity index (χ4n) is 1.61. The van der Waals surface area contributed by atoms with Gasteiger partial charge in [0.05, 0.1) is 0 Å². The van der Waals surface area contributed by atoms with E-state index in [4.69, 9.17) is 5.73 Å². The Hall–Kier alpha value is -2.04. The first-order chi connectivity index (χ1) is 8.90. The number of amides is 3. The highest BCUT2D eigenvalue weighted by atomic mass is 16.2. The van der Waals surface area contributed by atoms with E-state index in [1.54, 1.807) is 25.1 Å². The highest BCUT2D eigenvalue weighted by molar-refractivity contribution is 5.97. The molecule has 0 aromatic heterocycles. The van der Waals surface area contributed by atoms with Crippen LogP contribution in [0, 0.1) is 12.8 Å². The number of urea groups is 1. The molecule has 1 aromatic carbocycles. The predicted molar refractivity (Wildman–Crippen MR) is 76.2 cm³/mol. The lowest BCUT2D eigenvalue weighted by Crippen LogP contribution is -2.30. The molecule has 0 aliphatic heterocycles. The molecular weight excluding hydrogens is 242 g/mol. The van der Waals surface area contributed by atoms with Gasteiger partial charge in [0.2, 0.25) is 5.91 Å². The molecule has 5 heteroatoms. The van der Waals surface area contributed by atoms with Gasteiger partial charge in [-0.05, 0) is 37.0 Å². The van der Waals surface area contributed by atoms with Crippen molar-refractivity contribution in [2.24, 2.45) is 11.7 Å². The van der Waals surface area contributed by atoms with E-state index in [-0.39, 0.29) is 6.03 Å². The summed E-state index contributed by atoms with van der Waals surface area (Å²) in [6, 6.07) is 4.80. The Balaban J connectivity index is 2.60. The number of anilines is 1. The summed E-state index contributed by atoms with van der Waals surface area (Å²) in [4.78, 5) is 22.8. The zero-order valence-electron chi connectivity index (χ0n) is 11.6. The second kappa shape index (κ2) is 6.78. The fourth-order valence-corrected chi connectivity index (χ4v) is 1.61. The van der Waals surface area contributed by atoms with Gasteiger partial charge in [-0.2, -0.15) is 0 Å². The zero-order valence-corrected chi connectivity index (χ0v) is 11.6. The maximum absolute atomic E-state index is 11.6. The number of aryl methyl sites for hydroxylation is 1. The Morgan fingerprint density at radius 1 is 1.32 bits per heavy atom. The van der Waals surface area contributed by atoms with Crippen molar-refractivity contribution < 1.29 is 9.59 Å². The van der Waals surface area contributed by atoms with Gasteiger partial charge in [0.15, 0.2) is 0 Å². The number of primary amides is 1. The average molecular weight is 263 g/mol. The monoisotopic (exact) mass is 263 g/mol. The topological polar surface area (TPSA) is 84.2 Å². The molecule has 0 aliphatic carbocycles. The minimum atomic E-state index is -0.499. The van der Waals surface area contributed by atoms with E-state index in [9.17, 15) is 9.59 Å². The van der Waals surface area contributed by atoms with Crippen LogP contribution in [0.3, 0.4) is 0 Å². The number of rotatable bonds is 5. The lowest BCUT2D eigenvalue weighted by atomic mass is 10.1. The smallest absolute Gasteiger partial charge is 0.319 e. The van der Waals surface area contributed by atoms with Gasteiger partial charge in [0, 0.05) is 17.8 Å². The third-order valence-electron chi connectivity index (χ3n) is 2.77. The molecule has 0 spiro atoms. The van der Waals surface area contributed by atoms with Crippen molar-refractivity contribution in [1.82, 2.24) is 5.32 Å². The van der Waals surface area contributed by atoms with Gasteiger partial charge in [-0.1, -0.05) is 19.9 Å². The van der Waals surface area contributed by atoms with Gasteiger partial charge >= 0.3 is 6.03 Å². The van der Waals surface area contributed by atoms with Gasteiger partial charge in [0.25, 0.3) is 0 Å². The molecule has 3 amide bonds. The van der Waals surface area contributed by atoms with E-state index >= 15 is 0 Å². The van der Waals surface area contributed by atoms with Gasteiger partial charge < -0.3 is 16.4 Å². The molecule has 0 bridgehead atoms. The van der Waals surface area contributed by atoms with Crippen LogP contribution < -0.4 is 16.4 Å². The minimum absolute atomic E-state index is 0.278. The van der Waals surface area contributed by atoms with Crippen LogP contribution in [0.5, 0.6) is 0 Å². The van der Waals surface area contributed by atoms with Crippen LogP contribution in [0.15, 0.2) is 18.2 Å². The van der Waals surface area contributed by atoms with E-state index in [0.717, 1.165) is 12.0 Å². The molecule has 0 saturated carbocycles. The molecule has 0 saturated heterocycles. The number of nitrogens with two attached hydrogens (primary N) is 1. The first-order valence-electron chi connectivity index (χ1n) is 6.35. The van der Waals surface area contributed by atoms with Gasteiger partial charge in [-0.15, -0.1) is 0 Å². The summed E-state index contributed by atoms with van der Waals surface area (Å²) in [6.07, 6.45) is 0.924. The van der Waals surface area contributed by atoms with Crippen molar-refractivity contribution in [3.63, 3.8) is 0 Å². The third kappa shape index (κ3) is 4.99. The Kier molecular flexibility index (Phi) is 5.36. The highest BCUT2D eigenvalue weighted by Crippen LogP contribution is 2.14. The number of nitrogens with one attached hydrogen (secondary N) is 2. The molecule has 19 heavy (non-hydrogen) atoms. The van der Waals surface area contributed by atoms with Gasteiger partial charge in [-0.25, -0.2) is 4.79 Å². The van der Waals surface area contributed by atoms with Crippen LogP contribution in [0.1, 0.15) is 36.2 Å². The normalized spacial score (nSPS) is 10.3. The largest absolute Gasteiger partial charge is 0.366 e. The zero-order chi connectivity index (χ0) is 14.4. The van der Waals surface area contributed by atoms with E-state index < -0.39 is 5.91 Å². The lowest BCUT2D eigenvalue weighted by Gasteiger charge is -2.10. The molecule has 0 fully saturated rings. The summed E-state index contributed by atoms with van der Waals surface area (Å²) in [5.74, 6) is 0.0440. The first-order valence-corrected chi connectivity index (χ1v) is 6.35. The molecule has 0 unspecified atom stereocenters. The first kappa shape index (κ1) is 15.0. The van der Waals surface area contributed by atoms with E-state index in [1.807, 2.05) is 0 Å². The standard InChI is InChI=1S/C14H21N3O2/c1-9(2)6-7-16-14(19)17-11-5-4-10(3)12(8-11)13(15)18/h4-5,8-9H,6-7H2,1-3H3,(H2,15,18)(H2,16,17,19). The summed E-state index contributed by atoms with van der Waals surface area (Å²) in [7, 11) is 0. The molecule has 5 nitrogen and oxygen atoms in total. The van der Waals surface area contributed by atoms with Crippen molar-refractivity contribution in [3.05, 3.63) is 29.3 Å². The molecule has 0 radical (unpaired) electrons. The SMILES string of the molecule is Cc1ccc(NC(=O)NCCC(C)C)cc1C(N)=O. The Bertz CT molecular complexity index is 470. The van der Waals surface area contributed by atoms with Crippen LogP contribution >= 0.6 is 0 Å². The summed E-state index contributed by atoms with van der Waals surface area (Å²) in [6.45, 7) is 6.61. The molecule has 104 valence electrons. The maximum atomic E-state index is 11.6. The van der Waals surface area contributed by atoms with Crippen LogP contribution in [0.2, 0.25) is 0 Å². The third-order valence-corrected chi connectivity index (χ3v) is 2.77. The number of carbonyl (C=O) groups is 2. The summed E-state index contributed by atoms with van der Waals surface area (Å²) >= 11 is 0. The van der Waals surface area contributed by atoms with Crippen LogP contribution in [-0.2, 0) is 0 Å². The Labute approximate surface area is 113 Å². The predicted octanol–water partition coefficient (Wildman–Crippen LogP) is 2.26. The molecule has 4 N–H and O–H groups in total. The molecule has 0 aliphatic rings. The molecule has 1 aromatic rings. The van der Waals surface area contributed by atoms with Crippen molar-refractivity contribution in [2.45, 2.75) is 27.2 Å². The minimum Gasteiger partial charge on any atom is -0.366 e. The lowest BCUT2D eigenvalue weighted by molar-refractivity contribution is 0.0999. The molecule has 1 rings (SSSR count). The quantitative estimate of drug-likeness (QED) is 0.761. The van der Waals surface area contributed by atoms with Crippen molar-refractivity contribution in [1.29, 1.82) is 0 Å². The number of hydrogen-bond donors (Lipinski definition) is 3.